The third-order valence-corrected chi connectivity index (χ3v) is 11.9. The highest BCUT2D eigenvalue weighted by Crippen LogP contribution is 2.38. The number of aliphatic hydroxyl groups excluding tert-OH is 1. The van der Waals surface area contributed by atoms with E-state index in [0.717, 1.165) is 26.9 Å². The summed E-state index contributed by atoms with van der Waals surface area (Å²) in [6.07, 6.45) is -2.28. The molecule has 2 amide bonds. The van der Waals surface area contributed by atoms with Crippen LogP contribution in [0, 0.1) is 23.0 Å². The van der Waals surface area contributed by atoms with Crippen LogP contribution >= 0.6 is 0 Å². The molecule has 0 saturated carbocycles. The lowest BCUT2D eigenvalue weighted by Crippen LogP contribution is -2.61. The van der Waals surface area contributed by atoms with Crippen molar-refractivity contribution in [2.45, 2.75) is 68.9 Å². The monoisotopic (exact) mass is 772 g/mol. The van der Waals surface area contributed by atoms with E-state index in [9.17, 15) is 37.0 Å². The first-order chi connectivity index (χ1) is 25.7. The maximum Gasteiger partial charge on any atom is 0.251 e. The number of carboxylic acid groups (broad SMARTS) is 1. The molecule has 3 aromatic rings. The first-order valence-corrected chi connectivity index (χ1v) is 19.2. The normalized spacial score (nSPS) is 20.4. The summed E-state index contributed by atoms with van der Waals surface area (Å²) in [6.45, 7) is 3.54. The van der Waals surface area contributed by atoms with E-state index in [4.69, 9.17) is 18.9 Å². The first-order valence-electron chi connectivity index (χ1n) is 17.8. The molecule has 16 heteroatoms. The van der Waals surface area contributed by atoms with Crippen LogP contribution in [0.15, 0.2) is 71.6 Å². The molecule has 54 heavy (non-hydrogen) atoms. The van der Waals surface area contributed by atoms with E-state index >= 15 is 0 Å². The van der Waals surface area contributed by atoms with Gasteiger partial charge >= 0.3 is 0 Å². The third kappa shape index (κ3) is 9.12. The number of benzene rings is 3. The maximum absolute atomic E-state index is 14.5. The number of hydrogen-bond acceptors (Lipinski definition) is 10. The standard InChI is InChI=1S/C38H45F2N3O10S/c1-38(2,12-6-13-41-35(45)25-16-26(39)18-27(40)17-25)22-42(54(48,49)28-9-10-33-34(19-28)53-23-52-33)20-32(44)30(15-24-7-4-3-5-8-24)43(37(46)47)31-21-51-36-29(31)11-14-50-36/h3-5,7-10,16-19,29-32,36,44H,6,11-15,20-23H2,1-2H3,(H,41,45)(H,46,47)/p-1/t29-,30-,31-,32+,36+/m0/s1. The minimum atomic E-state index is -4.35. The number of carbonyl (C=O) groups is 2. The summed E-state index contributed by atoms with van der Waals surface area (Å²) in [5.41, 5.74) is -0.202. The van der Waals surface area contributed by atoms with E-state index in [2.05, 4.69) is 5.32 Å². The molecule has 2 N–H and O–H groups in total. The van der Waals surface area contributed by atoms with E-state index in [1.165, 1.54) is 18.2 Å². The molecule has 0 aliphatic carbocycles. The quantitative estimate of drug-likeness (QED) is 0.206. The van der Waals surface area contributed by atoms with Gasteiger partial charge < -0.3 is 44.2 Å². The van der Waals surface area contributed by atoms with Gasteiger partial charge in [0.05, 0.1) is 36.3 Å². The Kier molecular flexibility index (Phi) is 12.1. The highest BCUT2D eigenvalue weighted by atomic mass is 32.2. The molecule has 6 rings (SSSR count). The van der Waals surface area contributed by atoms with E-state index in [1.807, 2.05) is 19.9 Å². The molecule has 0 bridgehead atoms. The molecule has 0 spiro atoms. The Morgan fingerprint density at radius 3 is 2.46 bits per heavy atom. The Hall–Kier alpha value is -4.35. The predicted molar refractivity (Wildman–Crippen MR) is 188 cm³/mol. The average Bonchev–Trinajstić information content (AvgIpc) is 3.88. The van der Waals surface area contributed by atoms with Crippen LogP contribution in [0.4, 0.5) is 13.6 Å². The van der Waals surface area contributed by atoms with Gasteiger partial charge in [-0.3, -0.25) is 4.79 Å². The number of hydrogen-bond donors (Lipinski definition) is 2. The Morgan fingerprint density at radius 1 is 1.02 bits per heavy atom. The van der Waals surface area contributed by atoms with Gasteiger partial charge in [0, 0.05) is 43.2 Å². The van der Waals surface area contributed by atoms with Crippen LogP contribution in [0.25, 0.3) is 0 Å². The number of fused-ring (bicyclic) bond motifs is 2. The van der Waals surface area contributed by atoms with Crippen molar-refractivity contribution in [3.05, 3.63) is 89.5 Å². The summed E-state index contributed by atoms with van der Waals surface area (Å²) >= 11 is 0. The number of sulfonamides is 1. The number of halogens is 2. The summed E-state index contributed by atoms with van der Waals surface area (Å²) in [4.78, 5) is 26.5. The van der Waals surface area contributed by atoms with Crippen LogP contribution in [0.2, 0.25) is 0 Å². The minimum Gasteiger partial charge on any atom is -0.530 e. The molecular formula is C38H44F2N3O10S-. The van der Waals surface area contributed by atoms with E-state index in [0.29, 0.717) is 37.7 Å². The van der Waals surface area contributed by atoms with E-state index in [1.54, 1.807) is 24.3 Å². The topological polar surface area (TPSA) is 167 Å². The molecule has 2 fully saturated rings. The Balaban J connectivity index is 1.25. The lowest BCUT2D eigenvalue weighted by Gasteiger charge is -2.43. The summed E-state index contributed by atoms with van der Waals surface area (Å²) in [6, 6.07) is 13.9. The molecule has 0 radical (unpaired) electrons. The fourth-order valence-electron chi connectivity index (χ4n) is 7.40. The summed E-state index contributed by atoms with van der Waals surface area (Å²) < 4.78 is 79.7. The molecular weight excluding hydrogens is 728 g/mol. The third-order valence-electron chi connectivity index (χ3n) is 10.1. The fraction of sp³-hybridized carbons (Fsp3) is 0.474. The number of ether oxygens (including phenoxy) is 4. The van der Waals surface area contributed by atoms with Gasteiger partial charge in [-0.2, -0.15) is 4.31 Å². The molecule has 13 nitrogen and oxygen atoms in total. The number of nitrogens with zero attached hydrogens (tertiary/aromatic N) is 2. The predicted octanol–water partition coefficient (Wildman–Crippen LogP) is 3.30. The largest absolute Gasteiger partial charge is 0.530 e. The van der Waals surface area contributed by atoms with Crippen LogP contribution in [-0.2, 0) is 25.9 Å². The van der Waals surface area contributed by atoms with Gasteiger partial charge in [-0.05, 0) is 60.9 Å². The van der Waals surface area contributed by atoms with Crippen molar-refractivity contribution in [1.82, 2.24) is 14.5 Å². The number of carbonyl (C=O) groups excluding carboxylic acids is 2. The van der Waals surface area contributed by atoms with Crippen molar-refractivity contribution < 1.29 is 55.9 Å². The van der Waals surface area contributed by atoms with Gasteiger partial charge in [0.1, 0.15) is 17.7 Å². The number of amides is 2. The lowest BCUT2D eigenvalue weighted by atomic mass is 9.87. The van der Waals surface area contributed by atoms with E-state index in [-0.39, 0.29) is 55.0 Å². The molecule has 3 aliphatic rings. The second kappa shape index (κ2) is 16.6. The van der Waals surface area contributed by atoms with Crippen LogP contribution in [0.5, 0.6) is 11.5 Å². The molecule has 5 atom stereocenters. The van der Waals surface area contributed by atoms with Crippen LogP contribution < -0.4 is 19.9 Å². The van der Waals surface area contributed by atoms with Crippen LogP contribution in [-0.4, -0.2) is 98.8 Å². The zero-order valence-corrected chi connectivity index (χ0v) is 30.8. The number of nitrogens with one attached hydrogen (secondary N) is 1. The number of aliphatic hydroxyl groups is 1. The van der Waals surface area contributed by atoms with Gasteiger partial charge in [-0.25, -0.2) is 17.2 Å². The highest BCUT2D eigenvalue weighted by Gasteiger charge is 2.47. The molecule has 292 valence electrons. The van der Waals surface area contributed by atoms with Crippen molar-refractivity contribution in [2.24, 2.45) is 11.3 Å². The van der Waals surface area contributed by atoms with Crippen LogP contribution in [0.1, 0.15) is 49.0 Å². The van der Waals surface area contributed by atoms with Crippen molar-refractivity contribution in [2.75, 3.05) is 39.6 Å². The lowest BCUT2D eigenvalue weighted by molar-refractivity contribution is -0.273. The molecule has 3 aliphatic heterocycles. The van der Waals surface area contributed by atoms with Crippen molar-refractivity contribution in [3.63, 3.8) is 0 Å². The fourth-order valence-corrected chi connectivity index (χ4v) is 9.06. The molecule has 3 heterocycles. The number of rotatable bonds is 16. The van der Waals surface area contributed by atoms with Gasteiger partial charge in [0.25, 0.3) is 5.91 Å². The molecule has 0 unspecified atom stereocenters. The van der Waals surface area contributed by atoms with Crippen molar-refractivity contribution in [3.8, 4) is 11.5 Å². The maximum atomic E-state index is 14.5. The SMILES string of the molecule is CC(C)(CCCNC(=O)c1cc(F)cc(F)c1)CN(C[C@@H](O)[C@H](Cc1ccccc1)N(C(=O)[O-])[C@H]1CO[C@H]2OCC[C@H]21)S(=O)(=O)c1ccc2c(c1)OCO2. The summed E-state index contributed by atoms with van der Waals surface area (Å²) in [5, 5.41) is 27.7. The van der Waals surface area contributed by atoms with Gasteiger partial charge in [-0.15, -0.1) is 0 Å². The smallest absolute Gasteiger partial charge is 0.251 e. The Morgan fingerprint density at radius 2 is 1.74 bits per heavy atom. The molecule has 2 saturated heterocycles. The van der Waals surface area contributed by atoms with Crippen molar-refractivity contribution >= 4 is 22.0 Å². The zero-order valence-electron chi connectivity index (χ0n) is 30.0. The second-order valence-electron chi connectivity index (χ2n) is 14.6. The molecule has 3 aromatic carbocycles. The summed E-state index contributed by atoms with van der Waals surface area (Å²) in [7, 11) is -4.35. The Bertz CT molecular complexity index is 1900. The van der Waals surface area contributed by atoms with Crippen molar-refractivity contribution in [1.29, 1.82) is 0 Å². The van der Waals surface area contributed by atoms with Crippen LogP contribution in [0.3, 0.4) is 0 Å². The second-order valence-corrected chi connectivity index (χ2v) is 16.5. The zero-order chi connectivity index (χ0) is 38.6. The summed E-state index contributed by atoms with van der Waals surface area (Å²) in [5.74, 6) is -2.09. The van der Waals surface area contributed by atoms with Gasteiger partial charge in [-0.1, -0.05) is 44.2 Å². The Labute approximate surface area is 312 Å². The average molecular weight is 773 g/mol. The van der Waals surface area contributed by atoms with E-state index < -0.39 is 70.1 Å². The van der Waals surface area contributed by atoms with Gasteiger partial charge in [0.15, 0.2) is 17.8 Å². The van der Waals surface area contributed by atoms with Gasteiger partial charge in [0.2, 0.25) is 16.8 Å². The highest BCUT2D eigenvalue weighted by molar-refractivity contribution is 7.89. The minimum absolute atomic E-state index is 0.0260. The molecule has 0 aromatic heterocycles. The first kappa shape index (κ1) is 39.3.